The summed E-state index contributed by atoms with van der Waals surface area (Å²) in [6.07, 6.45) is -4.91. The highest BCUT2D eigenvalue weighted by Crippen LogP contribution is 2.38. The number of alkyl halides is 3. The fourth-order valence-corrected chi connectivity index (χ4v) is 1.93. The first-order valence-corrected chi connectivity index (χ1v) is 5.29. The van der Waals surface area contributed by atoms with Gasteiger partial charge in [-0.25, -0.2) is 4.98 Å². The molecule has 0 saturated carbocycles. The van der Waals surface area contributed by atoms with Crippen LogP contribution in [0.4, 0.5) is 19.0 Å². The summed E-state index contributed by atoms with van der Waals surface area (Å²) >= 11 is 0. The lowest BCUT2D eigenvalue weighted by Crippen LogP contribution is -2.47. The summed E-state index contributed by atoms with van der Waals surface area (Å²) in [6.45, 7) is 1.48. The molecule has 1 N–H and O–H groups in total. The molecular formula is C11H13F3N2O. The van der Waals surface area contributed by atoms with Gasteiger partial charge in [0.1, 0.15) is 5.82 Å². The molecule has 0 spiro atoms. The molecule has 0 radical (unpaired) electrons. The third-order valence-corrected chi connectivity index (χ3v) is 2.97. The van der Waals surface area contributed by atoms with Gasteiger partial charge in [0.25, 0.3) is 0 Å². The van der Waals surface area contributed by atoms with E-state index in [2.05, 4.69) is 4.98 Å². The molecule has 94 valence electrons. The second kappa shape index (κ2) is 3.87. The molecule has 3 nitrogen and oxygen atoms in total. The SMILES string of the molecule is Cc1cccc(N2CC[C@](O)(C(F)(F)F)C2)n1. The molecule has 1 aromatic heterocycles. The average Bonchev–Trinajstić information content (AvgIpc) is 2.61. The van der Waals surface area contributed by atoms with Crippen molar-refractivity contribution >= 4 is 5.82 Å². The molecule has 17 heavy (non-hydrogen) atoms. The highest BCUT2D eigenvalue weighted by Gasteiger charge is 2.57. The largest absolute Gasteiger partial charge is 0.418 e. The number of pyridine rings is 1. The van der Waals surface area contributed by atoms with Crippen molar-refractivity contribution in [1.29, 1.82) is 0 Å². The highest BCUT2D eigenvalue weighted by molar-refractivity contribution is 5.41. The second-order valence-corrected chi connectivity index (χ2v) is 4.34. The number of hydrogen-bond acceptors (Lipinski definition) is 3. The van der Waals surface area contributed by atoms with Gasteiger partial charge in [-0.2, -0.15) is 13.2 Å². The predicted octanol–water partition coefficient (Wildman–Crippen LogP) is 1.89. The summed E-state index contributed by atoms with van der Waals surface area (Å²) in [6, 6.07) is 5.16. The van der Waals surface area contributed by atoms with Crippen LogP contribution in [0.15, 0.2) is 18.2 Å². The maximum atomic E-state index is 12.6. The fraction of sp³-hybridized carbons (Fsp3) is 0.545. The molecule has 2 rings (SSSR count). The van der Waals surface area contributed by atoms with Crippen molar-refractivity contribution in [2.75, 3.05) is 18.0 Å². The Morgan fingerprint density at radius 2 is 2.12 bits per heavy atom. The third-order valence-electron chi connectivity index (χ3n) is 2.97. The van der Waals surface area contributed by atoms with E-state index in [1.54, 1.807) is 25.1 Å². The number of β-amino-alcohol motifs (C(OH)–C–C–N with tert-alkyl or cyclic N) is 1. The van der Waals surface area contributed by atoms with Crippen LogP contribution in [0.2, 0.25) is 0 Å². The van der Waals surface area contributed by atoms with Crippen LogP contribution in [0.25, 0.3) is 0 Å². The Labute approximate surface area is 96.9 Å². The topological polar surface area (TPSA) is 36.4 Å². The van der Waals surface area contributed by atoms with Gasteiger partial charge in [-0.3, -0.25) is 0 Å². The van der Waals surface area contributed by atoms with E-state index in [4.69, 9.17) is 0 Å². The molecule has 2 heterocycles. The molecule has 0 aliphatic carbocycles. The Hall–Kier alpha value is -1.30. The first kappa shape index (κ1) is 12.2. The molecule has 6 heteroatoms. The Balaban J connectivity index is 2.18. The van der Waals surface area contributed by atoms with Gasteiger partial charge in [-0.1, -0.05) is 6.07 Å². The molecule has 1 fully saturated rings. The van der Waals surface area contributed by atoms with E-state index in [1.165, 1.54) is 4.90 Å². The van der Waals surface area contributed by atoms with E-state index in [1.807, 2.05) is 0 Å². The van der Waals surface area contributed by atoms with Gasteiger partial charge in [0.2, 0.25) is 0 Å². The van der Waals surface area contributed by atoms with Crippen molar-refractivity contribution in [3.63, 3.8) is 0 Å². The molecule has 0 amide bonds. The fourth-order valence-electron chi connectivity index (χ4n) is 1.93. The Morgan fingerprint density at radius 1 is 1.41 bits per heavy atom. The zero-order chi connectivity index (χ0) is 12.7. The van der Waals surface area contributed by atoms with Gasteiger partial charge in [-0.05, 0) is 19.1 Å². The van der Waals surface area contributed by atoms with Crippen molar-refractivity contribution in [2.24, 2.45) is 0 Å². The lowest BCUT2D eigenvalue weighted by molar-refractivity contribution is -0.250. The van der Waals surface area contributed by atoms with E-state index in [9.17, 15) is 18.3 Å². The minimum absolute atomic E-state index is 0.159. The maximum Gasteiger partial charge on any atom is 0.418 e. The Kier molecular flexibility index (Phi) is 2.77. The summed E-state index contributed by atoms with van der Waals surface area (Å²) in [5.41, 5.74) is -1.87. The first-order valence-electron chi connectivity index (χ1n) is 5.29. The second-order valence-electron chi connectivity index (χ2n) is 4.34. The number of nitrogens with zero attached hydrogens (tertiary/aromatic N) is 2. The van der Waals surface area contributed by atoms with Gasteiger partial charge in [0.05, 0.1) is 6.54 Å². The van der Waals surface area contributed by atoms with E-state index < -0.39 is 18.3 Å². The number of aliphatic hydroxyl groups is 1. The third kappa shape index (κ3) is 2.22. The van der Waals surface area contributed by atoms with Crippen LogP contribution < -0.4 is 4.90 Å². The zero-order valence-corrected chi connectivity index (χ0v) is 9.33. The number of aryl methyl sites for hydroxylation is 1. The van der Waals surface area contributed by atoms with Crippen LogP contribution in [0, 0.1) is 6.92 Å². The molecule has 1 saturated heterocycles. The van der Waals surface area contributed by atoms with Gasteiger partial charge >= 0.3 is 6.18 Å². The lowest BCUT2D eigenvalue weighted by atomic mass is 10.0. The molecule has 1 aromatic rings. The average molecular weight is 246 g/mol. The smallest absolute Gasteiger partial charge is 0.379 e. The lowest BCUT2D eigenvalue weighted by Gasteiger charge is -2.26. The van der Waals surface area contributed by atoms with Crippen molar-refractivity contribution in [3.05, 3.63) is 23.9 Å². The van der Waals surface area contributed by atoms with Crippen molar-refractivity contribution in [1.82, 2.24) is 4.98 Å². The highest BCUT2D eigenvalue weighted by atomic mass is 19.4. The molecular weight excluding hydrogens is 233 g/mol. The monoisotopic (exact) mass is 246 g/mol. The molecule has 1 aliphatic rings. The minimum Gasteiger partial charge on any atom is -0.379 e. The van der Waals surface area contributed by atoms with Crippen molar-refractivity contribution in [2.45, 2.75) is 25.1 Å². The van der Waals surface area contributed by atoms with Crippen LogP contribution in [-0.2, 0) is 0 Å². The Bertz CT molecular complexity index is 421. The minimum atomic E-state index is -4.59. The molecule has 1 atom stereocenters. The van der Waals surface area contributed by atoms with E-state index >= 15 is 0 Å². The van der Waals surface area contributed by atoms with E-state index in [0.29, 0.717) is 5.82 Å². The summed E-state index contributed by atoms with van der Waals surface area (Å²) in [7, 11) is 0. The predicted molar refractivity (Wildman–Crippen MR) is 56.8 cm³/mol. The standard InChI is InChI=1S/C11H13F3N2O/c1-8-3-2-4-9(15-8)16-6-5-10(17,7-16)11(12,13)14/h2-4,17H,5-7H2,1H3/t10-/m1/s1. The van der Waals surface area contributed by atoms with Gasteiger partial charge in [0.15, 0.2) is 5.60 Å². The van der Waals surface area contributed by atoms with Crippen molar-refractivity contribution in [3.8, 4) is 0 Å². The van der Waals surface area contributed by atoms with Crippen LogP contribution in [0.3, 0.4) is 0 Å². The molecule has 0 bridgehead atoms. The van der Waals surface area contributed by atoms with Crippen LogP contribution in [0.1, 0.15) is 12.1 Å². The molecule has 0 aromatic carbocycles. The number of rotatable bonds is 1. The van der Waals surface area contributed by atoms with Crippen LogP contribution >= 0.6 is 0 Å². The number of anilines is 1. The van der Waals surface area contributed by atoms with E-state index in [0.717, 1.165) is 5.69 Å². The molecule has 1 aliphatic heterocycles. The summed E-state index contributed by atoms with van der Waals surface area (Å²) in [5.74, 6) is 0.477. The summed E-state index contributed by atoms with van der Waals surface area (Å²) < 4.78 is 37.8. The van der Waals surface area contributed by atoms with Crippen LogP contribution in [-0.4, -0.2) is 35.0 Å². The molecule has 0 unspecified atom stereocenters. The zero-order valence-electron chi connectivity index (χ0n) is 9.33. The Morgan fingerprint density at radius 3 is 2.65 bits per heavy atom. The van der Waals surface area contributed by atoms with Crippen LogP contribution in [0.5, 0.6) is 0 Å². The van der Waals surface area contributed by atoms with E-state index in [-0.39, 0.29) is 13.0 Å². The number of halogens is 3. The normalized spacial score (nSPS) is 25.4. The first-order chi connectivity index (χ1) is 7.82. The van der Waals surface area contributed by atoms with Gasteiger partial charge in [-0.15, -0.1) is 0 Å². The van der Waals surface area contributed by atoms with Gasteiger partial charge < -0.3 is 10.0 Å². The number of hydrogen-bond donors (Lipinski definition) is 1. The number of aromatic nitrogens is 1. The van der Waals surface area contributed by atoms with Gasteiger partial charge in [0, 0.05) is 18.7 Å². The summed E-state index contributed by atoms with van der Waals surface area (Å²) in [5, 5.41) is 9.53. The van der Waals surface area contributed by atoms with Crippen molar-refractivity contribution < 1.29 is 18.3 Å². The summed E-state index contributed by atoms with van der Waals surface area (Å²) in [4.78, 5) is 5.61. The quantitative estimate of drug-likeness (QED) is 0.822. The maximum absolute atomic E-state index is 12.6.